The molecule has 1 aliphatic carbocycles. The predicted molar refractivity (Wildman–Crippen MR) is 73.5 cm³/mol. The van der Waals surface area contributed by atoms with Gasteiger partial charge in [-0.15, -0.1) is 0 Å². The van der Waals surface area contributed by atoms with Crippen LogP contribution in [-0.2, 0) is 6.42 Å². The Morgan fingerprint density at radius 3 is 2.79 bits per heavy atom. The van der Waals surface area contributed by atoms with Crippen molar-refractivity contribution in [2.75, 3.05) is 20.3 Å². The summed E-state index contributed by atoms with van der Waals surface area (Å²) >= 11 is 6.27. The molecule has 0 saturated heterocycles. The maximum atomic E-state index is 6.27. The van der Waals surface area contributed by atoms with E-state index in [0.29, 0.717) is 36.2 Å². The summed E-state index contributed by atoms with van der Waals surface area (Å²) in [6, 6.07) is 1.76. The molecule has 2 aliphatic rings. The van der Waals surface area contributed by atoms with Crippen LogP contribution in [0, 0.1) is 0 Å². The quantitative estimate of drug-likeness (QED) is 0.926. The lowest BCUT2D eigenvalue weighted by atomic mass is 10.0. The molecule has 1 saturated carbocycles. The number of benzene rings is 1. The van der Waals surface area contributed by atoms with Gasteiger partial charge in [-0.25, -0.2) is 0 Å². The highest BCUT2D eigenvalue weighted by molar-refractivity contribution is 6.32. The van der Waals surface area contributed by atoms with Gasteiger partial charge in [0, 0.05) is 23.6 Å². The molecule has 0 spiro atoms. The number of hydrogen-bond donors (Lipinski definition) is 1. The van der Waals surface area contributed by atoms with Crippen LogP contribution in [0.25, 0.3) is 0 Å². The van der Waals surface area contributed by atoms with Crippen LogP contribution in [0.2, 0.25) is 5.02 Å². The summed E-state index contributed by atoms with van der Waals surface area (Å²) in [5, 5.41) is 0.547. The average Bonchev–Trinajstić information content (AvgIpc) is 3.13. The minimum Gasteiger partial charge on any atom is -0.495 e. The summed E-state index contributed by atoms with van der Waals surface area (Å²) in [5.74, 6) is 2.10. The summed E-state index contributed by atoms with van der Waals surface area (Å²) in [6.45, 7) is 1.28. The Labute approximate surface area is 117 Å². The van der Waals surface area contributed by atoms with E-state index in [1.807, 2.05) is 0 Å². The molecule has 104 valence electrons. The fraction of sp³-hybridized carbons (Fsp3) is 0.571. The Balaban J connectivity index is 2.08. The van der Waals surface area contributed by atoms with E-state index in [0.717, 1.165) is 30.6 Å². The Morgan fingerprint density at radius 1 is 1.37 bits per heavy atom. The standard InChI is InChI=1S/C14H18ClNO3/c1-17-12-9(8-14(16)3-4-14)13-11(7-10(12)15)18-5-2-6-19-13/h7H,2-6,8,16H2,1H3. The Bertz CT molecular complexity index is 500. The second-order valence-electron chi connectivity index (χ2n) is 5.29. The summed E-state index contributed by atoms with van der Waals surface area (Å²) in [7, 11) is 1.62. The van der Waals surface area contributed by atoms with E-state index in [-0.39, 0.29) is 5.54 Å². The lowest BCUT2D eigenvalue weighted by Crippen LogP contribution is -2.25. The highest BCUT2D eigenvalue weighted by atomic mass is 35.5. The second-order valence-corrected chi connectivity index (χ2v) is 5.69. The Morgan fingerprint density at radius 2 is 2.11 bits per heavy atom. The number of ether oxygens (including phenoxy) is 3. The molecule has 1 heterocycles. The highest BCUT2D eigenvalue weighted by Gasteiger charge is 2.40. The van der Waals surface area contributed by atoms with Gasteiger partial charge in [0.2, 0.25) is 0 Å². The summed E-state index contributed by atoms with van der Waals surface area (Å²) in [5.41, 5.74) is 7.03. The first-order valence-electron chi connectivity index (χ1n) is 6.57. The zero-order valence-electron chi connectivity index (χ0n) is 11.0. The monoisotopic (exact) mass is 283 g/mol. The number of fused-ring (bicyclic) bond motifs is 1. The smallest absolute Gasteiger partial charge is 0.168 e. The molecule has 1 aromatic rings. The van der Waals surface area contributed by atoms with E-state index >= 15 is 0 Å². The van der Waals surface area contributed by atoms with Gasteiger partial charge < -0.3 is 19.9 Å². The molecular formula is C14H18ClNO3. The molecule has 1 aromatic carbocycles. The topological polar surface area (TPSA) is 53.7 Å². The lowest BCUT2D eigenvalue weighted by Gasteiger charge is -2.19. The molecule has 3 rings (SSSR count). The lowest BCUT2D eigenvalue weighted by molar-refractivity contribution is 0.295. The van der Waals surface area contributed by atoms with Crippen LogP contribution >= 0.6 is 11.6 Å². The van der Waals surface area contributed by atoms with Crippen molar-refractivity contribution in [1.82, 2.24) is 0 Å². The third-order valence-corrected chi connectivity index (χ3v) is 3.95. The maximum absolute atomic E-state index is 6.27. The molecule has 19 heavy (non-hydrogen) atoms. The van der Waals surface area contributed by atoms with Gasteiger partial charge in [0.15, 0.2) is 11.5 Å². The van der Waals surface area contributed by atoms with Crippen LogP contribution in [0.3, 0.4) is 0 Å². The molecule has 2 N–H and O–H groups in total. The molecule has 4 nitrogen and oxygen atoms in total. The predicted octanol–water partition coefficient (Wildman–Crippen LogP) is 2.54. The fourth-order valence-corrected chi connectivity index (χ4v) is 2.68. The van der Waals surface area contributed by atoms with E-state index < -0.39 is 0 Å². The maximum Gasteiger partial charge on any atom is 0.168 e. The van der Waals surface area contributed by atoms with Crippen molar-refractivity contribution in [3.63, 3.8) is 0 Å². The third-order valence-electron chi connectivity index (χ3n) is 3.66. The first-order chi connectivity index (χ1) is 9.13. The van der Waals surface area contributed by atoms with Crippen LogP contribution in [-0.4, -0.2) is 25.9 Å². The third kappa shape index (κ3) is 2.47. The van der Waals surface area contributed by atoms with E-state index in [4.69, 9.17) is 31.5 Å². The minimum absolute atomic E-state index is 0.138. The molecule has 0 atom stereocenters. The summed E-state index contributed by atoms with van der Waals surface area (Å²) in [6.07, 6.45) is 3.63. The van der Waals surface area contributed by atoms with Gasteiger partial charge in [-0.2, -0.15) is 0 Å². The van der Waals surface area contributed by atoms with Crippen LogP contribution in [0.4, 0.5) is 0 Å². The SMILES string of the molecule is COc1c(Cl)cc2c(c1CC1(N)CC1)OCCCO2. The molecule has 5 heteroatoms. The Kier molecular flexibility index (Phi) is 3.23. The zero-order chi connectivity index (χ0) is 13.5. The van der Waals surface area contributed by atoms with Crippen molar-refractivity contribution < 1.29 is 14.2 Å². The average molecular weight is 284 g/mol. The van der Waals surface area contributed by atoms with Crippen LogP contribution in [0.1, 0.15) is 24.8 Å². The van der Waals surface area contributed by atoms with Crippen LogP contribution < -0.4 is 19.9 Å². The van der Waals surface area contributed by atoms with E-state index in [1.165, 1.54) is 0 Å². The molecule has 0 amide bonds. The van der Waals surface area contributed by atoms with Crippen molar-refractivity contribution in [3.05, 3.63) is 16.7 Å². The minimum atomic E-state index is -0.138. The van der Waals surface area contributed by atoms with Gasteiger partial charge in [0.1, 0.15) is 5.75 Å². The number of methoxy groups -OCH3 is 1. The number of rotatable bonds is 3. The van der Waals surface area contributed by atoms with E-state index in [2.05, 4.69) is 0 Å². The molecule has 1 fully saturated rings. The van der Waals surface area contributed by atoms with E-state index in [9.17, 15) is 0 Å². The summed E-state index contributed by atoms with van der Waals surface area (Å²) in [4.78, 5) is 0. The Hall–Kier alpha value is -1.13. The van der Waals surface area contributed by atoms with Gasteiger partial charge in [-0.1, -0.05) is 11.6 Å². The number of halogens is 1. The largest absolute Gasteiger partial charge is 0.495 e. The number of hydrogen-bond acceptors (Lipinski definition) is 4. The fourth-order valence-electron chi connectivity index (χ4n) is 2.39. The van der Waals surface area contributed by atoms with Crippen LogP contribution in [0.5, 0.6) is 17.2 Å². The molecule has 0 radical (unpaired) electrons. The summed E-state index contributed by atoms with van der Waals surface area (Å²) < 4.78 is 17.0. The number of nitrogens with two attached hydrogens (primary N) is 1. The van der Waals surface area contributed by atoms with Crippen molar-refractivity contribution >= 4 is 11.6 Å². The van der Waals surface area contributed by atoms with Gasteiger partial charge >= 0.3 is 0 Å². The first-order valence-corrected chi connectivity index (χ1v) is 6.95. The molecule has 0 unspecified atom stereocenters. The van der Waals surface area contributed by atoms with Gasteiger partial charge in [0.25, 0.3) is 0 Å². The van der Waals surface area contributed by atoms with Crippen molar-refractivity contribution in [3.8, 4) is 17.2 Å². The molecular weight excluding hydrogens is 266 g/mol. The van der Waals surface area contributed by atoms with Gasteiger partial charge in [0.05, 0.1) is 25.3 Å². The van der Waals surface area contributed by atoms with Gasteiger partial charge in [-0.3, -0.25) is 0 Å². The molecule has 0 bridgehead atoms. The van der Waals surface area contributed by atoms with E-state index in [1.54, 1.807) is 13.2 Å². The highest BCUT2D eigenvalue weighted by Crippen LogP contribution is 2.48. The van der Waals surface area contributed by atoms with Crippen LogP contribution in [0.15, 0.2) is 6.07 Å². The zero-order valence-corrected chi connectivity index (χ0v) is 11.8. The normalized spacial score (nSPS) is 19.7. The molecule has 0 aromatic heterocycles. The second kappa shape index (κ2) is 4.76. The molecule has 1 aliphatic heterocycles. The first kappa shape index (κ1) is 12.9. The van der Waals surface area contributed by atoms with Crippen molar-refractivity contribution in [2.45, 2.75) is 31.2 Å². The van der Waals surface area contributed by atoms with Crippen molar-refractivity contribution in [1.29, 1.82) is 0 Å². The van der Waals surface area contributed by atoms with Crippen molar-refractivity contribution in [2.24, 2.45) is 5.73 Å². The van der Waals surface area contributed by atoms with Gasteiger partial charge in [-0.05, 0) is 19.3 Å².